The van der Waals surface area contributed by atoms with Gasteiger partial charge in [-0.2, -0.15) is 0 Å². The van der Waals surface area contributed by atoms with Crippen molar-refractivity contribution in [1.82, 2.24) is 15.6 Å². The number of ether oxygens (including phenoxy) is 1. The Morgan fingerprint density at radius 3 is 2.65 bits per heavy atom. The summed E-state index contributed by atoms with van der Waals surface area (Å²) in [5.74, 6) is -0.840. The largest absolute Gasteiger partial charge is 0.490 e. The lowest BCUT2D eigenvalue weighted by Gasteiger charge is -2.41. The first-order valence-corrected chi connectivity index (χ1v) is 14.6. The molecule has 2 aromatic rings. The van der Waals surface area contributed by atoms with Crippen LogP contribution < -0.4 is 20.7 Å². The Morgan fingerprint density at radius 1 is 1.15 bits per heavy atom. The second-order valence-corrected chi connectivity index (χ2v) is 11.9. The van der Waals surface area contributed by atoms with Crippen molar-refractivity contribution in [3.05, 3.63) is 53.9 Å². The van der Waals surface area contributed by atoms with Crippen molar-refractivity contribution in [3.8, 4) is 17.0 Å². The molecule has 3 N–H and O–H groups in total. The van der Waals surface area contributed by atoms with E-state index in [1.54, 1.807) is 18.5 Å². The second-order valence-electron chi connectivity index (χ2n) is 11.3. The number of carbonyl (C=O) groups is 1. The van der Waals surface area contributed by atoms with Crippen LogP contribution in [-0.2, 0) is 0 Å². The van der Waals surface area contributed by atoms with Crippen molar-refractivity contribution in [2.24, 2.45) is 28.7 Å². The first-order valence-electron chi connectivity index (χ1n) is 14.0. The SMILES string of the molecule is C[C@@H]1[C@H](O)C[C@H](C2C=CN=CC2NC(=O)c2ccc(F)c(-c3c(F)cc(OC4CCNCC4)cc3P)n2)C[C@@H]1C. The van der Waals surface area contributed by atoms with Crippen LogP contribution >= 0.6 is 9.24 Å². The van der Waals surface area contributed by atoms with Gasteiger partial charge in [0.05, 0.1) is 12.1 Å². The molecule has 1 amide bonds. The van der Waals surface area contributed by atoms with Crippen molar-refractivity contribution < 1.29 is 23.4 Å². The van der Waals surface area contributed by atoms with Gasteiger partial charge in [0, 0.05) is 30.0 Å². The summed E-state index contributed by atoms with van der Waals surface area (Å²) in [6.45, 7) is 5.89. The number of pyridine rings is 1. The summed E-state index contributed by atoms with van der Waals surface area (Å²) >= 11 is 0. The topological polar surface area (TPSA) is 95.8 Å². The summed E-state index contributed by atoms with van der Waals surface area (Å²) in [6.07, 6.45) is 8.19. The van der Waals surface area contributed by atoms with Crippen LogP contribution in [0.25, 0.3) is 11.3 Å². The third-order valence-electron chi connectivity index (χ3n) is 8.62. The Hall–Kier alpha value is -2.74. The third kappa shape index (κ3) is 6.27. The summed E-state index contributed by atoms with van der Waals surface area (Å²) in [7, 11) is 2.42. The fourth-order valence-electron chi connectivity index (χ4n) is 6.10. The van der Waals surface area contributed by atoms with Gasteiger partial charge in [-0.25, -0.2) is 13.8 Å². The Bertz CT molecular complexity index is 1260. The molecule has 0 radical (unpaired) electrons. The molecule has 1 saturated carbocycles. The summed E-state index contributed by atoms with van der Waals surface area (Å²) in [6, 6.07) is 4.91. The lowest BCUT2D eigenvalue weighted by molar-refractivity contribution is 0.00922. The van der Waals surface area contributed by atoms with Crippen molar-refractivity contribution in [2.75, 3.05) is 13.1 Å². The van der Waals surface area contributed by atoms with Gasteiger partial charge in [0.15, 0.2) is 0 Å². The average Bonchev–Trinajstić information content (AvgIpc) is 2.93. The maximum Gasteiger partial charge on any atom is 0.270 e. The zero-order valence-electron chi connectivity index (χ0n) is 22.8. The fraction of sp³-hybridized carbons (Fsp3) is 0.500. The average molecular weight is 571 g/mol. The van der Waals surface area contributed by atoms with E-state index in [1.165, 1.54) is 12.1 Å². The van der Waals surface area contributed by atoms with Crippen molar-refractivity contribution >= 4 is 26.7 Å². The molecular formula is C30H37F2N4O3P. The molecule has 0 bridgehead atoms. The number of nitrogens with one attached hydrogen (secondary N) is 2. The van der Waals surface area contributed by atoms with Crippen LogP contribution in [0.2, 0.25) is 0 Å². The minimum absolute atomic E-state index is 0.0109. The van der Waals surface area contributed by atoms with Crippen LogP contribution in [0.4, 0.5) is 8.78 Å². The van der Waals surface area contributed by atoms with E-state index in [0.29, 0.717) is 23.4 Å². The molecule has 3 aliphatic rings. The second kappa shape index (κ2) is 12.4. The monoisotopic (exact) mass is 570 g/mol. The molecule has 10 heteroatoms. The quantitative estimate of drug-likeness (QED) is 0.457. The molecular weight excluding hydrogens is 533 g/mol. The fourth-order valence-corrected chi connectivity index (χ4v) is 6.53. The zero-order valence-corrected chi connectivity index (χ0v) is 24.0. The van der Waals surface area contributed by atoms with Crippen LogP contribution in [0, 0.1) is 35.3 Å². The minimum Gasteiger partial charge on any atom is -0.490 e. The summed E-state index contributed by atoms with van der Waals surface area (Å²) in [5.41, 5.74) is -0.299. The van der Waals surface area contributed by atoms with E-state index < -0.39 is 29.7 Å². The number of carbonyl (C=O) groups excluding carboxylic acids is 1. The van der Waals surface area contributed by atoms with Crippen LogP contribution in [0.3, 0.4) is 0 Å². The molecule has 40 heavy (non-hydrogen) atoms. The Labute approximate surface area is 236 Å². The van der Waals surface area contributed by atoms with Crippen LogP contribution in [0.1, 0.15) is 50.0 Å². The molecule has 7 nitrogen and oxygen atoms in total. The lowest BCUT2D eigenvalue weighted by Crippen LogP contribution is -2.47. The normalized spacial score (nSPS) is 28.9. The minimum atomic E-state index is -0.731. The Morgan fingerprint density at radius 2 is 1.93 bits per heavy atom. The van der Waals surface area contributed by atoms with Gasteiger partial charge in [0.1, 0.15) is 34.9 Å². The van der Waals surface area contributed by atoms with Crippen LogP contribution in [0.15, 0.2) is 41.5 Å². The number of piperidine rings is 1. The van der Waals surface area contributed by atoms with Gasteiger partial charge in [-0.1, -0.05) is 19.9 Å². The molecule has 5 rings (SSSR count). The third-order valence-corrected chi connectivity index (χ3v) is 9.08. The molecule has 1 aliphatic carbocycles. The maximum absolute atomic E-state index is 15.3. The van der Waals surface area contributed by atoms with Gasteiger partial charge in [-0.3, -0.25) is 9.79 Å². The van der Waals surface area contributed by atoms with Crippen LogP contribution in [0.5, 0.6) is 5.75 Å². The molecule has 1 aromatic carbocycles. The molecule has 3 unspecified atom stereocenters. The van der Waals surface area contributed by atoms with E-state index in [-0.39, 0.29) is 40.8 Å². The van der Waals surface area contributed by atoms with Gasteiger partial charge >= 0.3 is 0 Å². The predicted molar refractivity (Wildman–Crippen MR) is 155 cm³/mol. The number of aliphatic hydroxyl groups excluding tert-OH is 1. The van der Waals surface area contributed by atoms with E-state index in [0.717, 1.165) is 38.4 Å². The first kappa shape index (κ1) is 28.8. The molecule has 1 saturated heterocycles. The lowest BCUT2D eigenvalue weighted by atomic mass is 9.68. The van der Waals surface area contributed by atoms with Crippen molar-refractivity contribution in [1.29, 1.82) is 0 Å². The van der Waals surface area contributed by atoms with Gasteiger partial charge in [0.25, 0.3) is 5.91 Å². The number of aliphatic imine (C=N–C) groups is 1. The molecule has 3 heterocycles. The number of halogens is 2. The Balaban J connectivity index is 1.34. The molecule has 0 spiro atoms. The zero-order chi connectivity index (χ0) is 28.4. The van der Waals surface area contributed by atoms with E-state index in [9.17, 15) is 14.3 Å². The number of hydrogen-bond acceptors (Lipinski definition) is 6. The summed E-state index contributed by atoms with van der Waals surface area (Å²) in [4.78, 5) is 21.8. The van der Waals surface area contributed by atoms with E-state index in [4.69, 9.17) is 4.74 Å². The number of amides is 1. The molecule has 2 fully saturated rings. The maximum atomic E-state index is 15.3. The highest BCUT2D eigenvalue weighted by atomic mass is 31.0. The predicted octanol–water partition coefficient (Wildman–Crippen LogP) is 4.01. The van der Waals surface area contributed by atoms with Gasteiger partial charge in [0.2, 0.25) is 0 Å². The van der Waals surface area contributed by atoms with E-state index >= 15 is 4.39 Å². The van der Waals surface area contributed by atoms with Gasteiger partial charge < -0.3 is 20.5 Å². The first-order chi connectivity index (χ1) is 19.2. The summed E-state index contributed by atoms with van der Waals surface area (Å²) in [5, 5.41) is 17.2. The molecule has 7 atom stereocenters. The number of aromatic nitrogens is 1. The number of rotatable bonds is 6. The van der Waals surface area contributed by atoms with Crippen molar-refractivity contribution in [2.45, 2.75) is 57.8 Å². The number of nitrogens with zero attached hydrogens (tertiary/aromatic N) is 2. The molecule has 214 valence electrons. The highest BCUT2D eigenvalue weighted by Gasteiger charge is 2.38. The highest BCUT2D eigenvalue weighted by molar-refractivity contribution is 7.28. The smallest absolute Gasteiger partial charge is 0.270 e. The van der Waals surface area contributed by atoms with E-state index in [2.05, 4.69) is 43.7 Å². The number of hydrogen-bond donors (Lipinski definition) is 3. The molecule has 1 aromatic heterocycles. The van der Waals surface area contributed by atoms with Gasteiger partial charge in [-0.15, -0.1) is 9.24 Å². The highest BCUT2D eigenvalue weighted by Crippen LogP contribution is 2.39. The molecule has 2 aliphatic heterocycles. The summed E-state index contributed by atoms with van der Waals surface area (Å²) < 4.78 is 36.2. The van der Waals surface area contributed by atoms with E-state index in [1.807, 2.05) is 6.08 Å². The Kier molecular flexibility index (Phi) is 8.93. The van der Waals surface area contributed by atoms with Crippen LogP contribution in [-0.4, -0.2) is 53.6 Å². The number of aliphatic hydroxyl groups is 1. The van der Waals surface area contributed by atoms with Gasteiger partial charge in [-0.05, 0) is 80.0 Å². The number of benzene rings is 1. The standard InChI is InChI=1S/C30H37F2N4O3P/c1-16-11-18(12-26(37)17(16)2)21-7-10-34-15-25(21)36-30(38)24-4-3-22(31)29(35-24)28-23(32)13-20(14-27(28)40)39-19-5-8-33-9-6-19/h3-4,7,10,13-19,21,25-26,33,37H,5-6,8-9,11-12,40H2,1-2H3,(H,36,38)/t16-,17-,18+,21?,25?,26+/m0/s1. The van der Waals surface area contributed by atoms with Crippen molar-refractivity contribution in [3.63, 3.8) is 0 Å².